The van der Waals surface area contributed by atoms with Gasteiger partial charge in [-0.15, -0.1) is 0 Å². The van der Waals surface area contributed by atoms with E-state index in [9.17, 15) is 0 Å². The minimum absolute atomic E-state index is 0.331. The number of hydrogen-bond donors (Lipinski definition) is 1. The highest BCUT2D eigenvalue weighted by molar-refractivity contribution is 5.49. The Morgan fingerprint density at radius 3 is 2.62 bits per heavy atom. The van der Waals surface area contributed by atoms with Gasteiger partial charge in [0.25, 0.3) is 0 Å². The Balaban J connectivity index is 1.68. The van der Waals surface area contributed by atoms with Crippen molar-refractivity contribution >= 4 is 11.6 Å². The molecule has 1 aromatic rings. The van der Waals surface area contributed by atoms with Gasteiger partial charge in [-0.2, -0.15) is 0 Å². The molecule has 0 saturated carbocycles. The fourth-order valence-electron chi connectivity index (χ4n) is 2.92. The Morgan fingerprint density at radius 2 is 1.95 bits per heavy atom. The molecule has 2 aliphatic rings. The van der Waals surface area contributed by atoms with Gasteiger partial charge in [-0.05, 0) is 13.3 Å². The Labute approximate surface area is 125 Å². The molecule has 0 aliphatic carbocycles. The van der Waals surface area contributed by atoms with Crippen LogP contribution in [0.3, 0.4) is 0 Å². The molecule has 0 bridgehead atoms. The van der Waals surface area contributed by atoms with E-state index in [1.165, 1.54) is 0 Å². The minimum atomic E-state index is -0.331. The largest absolute Gasteiger partial charge is 0.370 e. The molecule has 0 unspecified atom stereocenters. The van der Waals surface area contributed by atoms with Crippen LogP contribution < -0.4 is 10.2 Å². The van der Waals surface area contributed by atoms with Crippen LogP contribution in [-0.2, 0) is 9.47 Å². The molecule has 116 valence electrons. The summed E-state index contributed by atoms with van der Waals surface area (Å²) >= 11 is 0. The van der Waals surface area contributed by atoms with Crippen molar-refractivity contribution in [1.82, 2.24) is 9.97 Å². The highest BCUT2D eigenvalue weighted by Gasteiger charge is 2.40. The van der Waals surface area contributed by atoms with E-state index in [1.807, 2.05) is 13.0 Å². The number of ether oxygens (including phenoxy) is 2. The second-order valence-electron chi connectivity index (χ2n) is 5.68. The average Bonchev–Trinajstić information content (AvgIpc) is 2.93. The van der Waals surface area contributed by atoms with Gasteiger partial charge >= 0.3 is 0 Å². The molecule has 2 aliphatic heterocycles. The maximum absolute atomic E-state index is 5.77. The number of aryl methyl sites for hydroxylation is 1. The van der Waals surface area contributed by atoms with Crippen molar-refractivity contribution < 1.29 is 9.47 Å². The summed E-state index contributed by atoms with van der Waals surface area (Å²) in [6.45, 7) is 8.27. The lowest BCUT2D eigenvalue weighted by Crippen LogP contribution is -2.45. The molecule has 6 nitrogen and oxygen atoms in total. The first-order valence-corrected chi connectivity index (χ1v) is 7.83. The highest BCUT2D eigenvalue weighted by atomic mass is 16.7. The first-order chi connectivity index (χ1) is 10.2. The Hall–Kier alpha value is -1.40. The topological polar surface area (TPSA) is 59.5 Å². The predicted molar refractivity (Wildman–Crippen MR) is 81.6 cm³/mol. The van der Waals surface area contributed by atoms with Crippen LogP contribution in [0.2, 0.25) is 0 Å². The van der Waals surface area contributed by atoms with E-state index in [-0.39, 0.29) is 5.79 Å². The molecule has 0 aromatic carbocycles. The van der Waals surface area contributed by atoms with Gasteiger partial charge in [-0.3, -0.25) is 0 Å². The van der Waals surface area contributed by atoms with Crippen LogP contribution >= 0.6 is 0 Å². The fourth-order valence-corrected chi connectivity index (χ4v) is 2.92. The molecule has 2 fully saturated rings. The summed E-state index contributed by atoms with van der Waals surface area (Å²) in [5.74, 6) is 2.38. The van der Waals surface area contributed by atoms with Gasteiger partial charge in [0.15, 0.2) is 5.79 Å². The molecule has 1 aromatic heterocycles. The fraction of sp³-hybridized carbons (Fsp3) is 0.733. The summed E-state index contributed by atoms with van der Waals surface area (Å²) in [6, 6.07) is 2.04. The normalized spacial score (nSPS) is 21.0. The van der Waals surface area contributed by atoms with Crippen molar-refractivity contribution in [3.8, 4) is 0 Å². The summed E-state index contributed by atoms with van der Waals surface area (Å²) in [4.78, 5) is 11.3. The predicted octanol–water partition coefficient (Wildman–Crippen LogP) is 1.95. The van der Waals surface area contributed by atoms with Gasteiger partial charge < -0.3 is 19.7 Å². The van der Waals surface area contributed by atoms with Crippen LogP contribution in [0.1, 0.15) is 32.0 Å². The zero-order valence-electron chi connectivity index (χ0n) is 12.9. The van der Waals surface area contributed by atoms with E-state index in [1.54, 1.807) is 0 Å². The maximum atomic E-state index is 5.77. The van der Waals surface area contributed by atoms with Crippen molar-refractivity contribution in [3.63, 3.8) is 0 Å². The summed E-state index contributed by atoms with van der Waals surface area (Å²) < 4.78 is 11.5. The second-order valence-corrected chi connectivity index (χ2v) is 5.68. The van der Waals surface area contributed by atoms with Crippen LogP contribution in [0.25, 0.3) is 0 Å². The highest BCUT2D eigenvalue weighted by Crippen LogP contribution is 2.33. The summed E-state index contributed by atoms with van der Waals surface area (Å²) in [5, 5.41) is 3.34. The molecule has 2 saturated heterocycles. The van der Waals surface area contributed by atoms with E-state index in [0.717, 1.165) is 69.6 Å². The first-order valence-electron chi connectivity index (χ1n) is 7.83. The Kier molecular flexibility index (Phi) is 4.26. The van der Waals surface area contributed by atoms with E-state index in [4.69, 9.17) is 9.47 Å². The van der Waals surface area contributed by atoms with Gasteiger partial charge in [0.2, 0.25) is 0 Å². The monoisotopic (exact) mass is 292 g/mol. The van der Waals surface area contributed by atoms with Crippen molar-refractivity contribution in [3.05, 3.63) is 11.9 Å². The summed E-state index contributed by atoms with van der Waals surface area (Å²) in [5.41, 5.74) is 0. The molecule has 3 rings (SSSR count). The zero-order valence-corrected chi connectivity index (χ0v) is 12.9. The number of piperidine rings is 1. The first kappa shape index (κ1) is 14.5. The molecule has 3 heterocycles. The third kappa shape index (κ3) is 3.27. The molecule has 1 N–H and O–H groups in total. The number of anilines is 2. The van der Waals surface area contributed by atoms with Gasteiger partial charge in [0, 0.05) is 38.5 Å². The van der Waals surface area contributed by atoms with Crippen LogP contribution in [0.4, 0.5) is 11.6 Å². The lowest BCUT2D eigenvalue weighted by Gasteiger charge is -2.38. The smallest absolute Gasteiger partial charge is 0.171 e. The van der Waals surface area contributed by atoms with Crippen molar-refractivity contribution in [1.29, 1.82) is 0 Å². The Morgan fingerprint density at radius 1 is 1.24 bits per heavy atom. The number of nitrogens with one attached hydrogen (secondary N) is 1. The van der Waals surface area contributed by atoms with E-state index in [2.05, 4.69) is 27.1 Å². The standard InChI is InChI=1S/C15H24N4O2/c1-3-6-16-13-11-14(18-12(2)17-13)19-7-4-15(5-8-19)20-9-10-21-15/h11H,3-10H2,1-2H3,(H,16,17,18). The molecule has 6 heteroatoms. The molecular weight excluding hydrogens is 268 g/mol. The number of hydrogen-bond acceptors (Lipinski definition) is 6. The molecule has 0 amide bonds. The molecule has 21 heavy (non-hydrogen) atoms. The van der Waals surface area contributed by atoms with Gasteiger partial charge in [0.05, 0.1) is 13.2 Å². The average molecular weight is 292 g/mol. The third-order valence-corrected chi connectivity index (χ3v) is 4.04. The van der Waals surface area contributed by atoms with E-state index in [0.29, 0.717) is 0 Å². The molecule has 0 radical (unpaired) electrons. The second kappa shape index (κ2) is 6.15. The molecule has 0 atom stereocenters. The van der Waals surface area contributed by atoms with E-state index < -0.39 is 0 Å². The van der Waals surface area contributed by atoms with Crippen molar-refractivity contribution in [2.45, 2.75) is 38.9 Å². The number of aromatic nitrogens is 2. The quantitative estimate of drug-likeness (QED) is 0.915. The van der Waals surface area contributed by atoms with Crippen LogP contribution in [-0.4, -0.2) is 48.6 Å². The summed E-state index contributed by atoms with van der Waals surface area (Å²) in [6.07, 6.45) is 2.88. The Bertz CT molecular complexity index is 479. The van der Waals surface area contributed by atoms with Crippen molar-refractivity contribution in [2.75, 3.05) is 43.1 Å². The SMILES string of the molecule is CCCNc1cc(N2CCC3(CC2)OCCO3)nc(C)n1. The lowest BCUT2D eigenvalue weighted by molar-refractivity contribution is -0.169. The van der Waals surface area contributed by atoms with Crippen LogP contribution in [0.5, 0.6) is 0 Å². The summed E-state index contributed by atoms with van der Waals surface area (Å²) in [7, 11) is 0. The third-order valence-electron chi connectivity index (χ3n) is 4.04. The van der Waals surface area contributed by atoms with Crippen molar-refractivity contribution in [2.24, 2.45) is 0 Å². The minimum Gasteiger partial charge on any atom is -0.370 e. The van der Waals surface area contributed by atoms with Gasteiger partial charge in [-0.25, -0.2) is 9.97 Å². The maximum Gasteiger partial charge on any atom is 0.171 e. The molecular formula is C15H24N4O2. The van der Waals surface area contributed by atoms with Gasteiger partial charge in [-0.1, -0.05) is 6.92 Å². The zero-order chi connectivity index (χ0) is 14.7. The van der Waals surface area contributed by atoms with Gasteiger partial charge in [0.1, 0.15) is 17.5 Å². The number of nitrogens with zero attached hydrogens (tertiary/aromatic N) is 3. The number of rotatable bonds is 4. The molecule has 1 spiro atoms. The van der Waals surface area contributed by atoms with Crippen LogP contribution in [0.15, 0.2) is 6.07 Å². The lowest BCUT2D eigenvalue weighted by atomic mass is 10.0. The van der Waals surface area contributed by atoms with Crippen LogP contribution in [0, 0.1) is 6.92 Å². The van der Waals surface area contributed by atoms with E-state index >= 15 is 0 Å².